The van der Waals surface area contributed by atoms with Crippen molar-refractivity contribution < 1.29 is 27.2 Å². The molecule has 0 radical (unpaired) electrons. The third-order valence-electron chi connectivity index (χ3n) is 3.90. The minimum atomic E-state index is -4.19. The van der Waals surface area contributed by atoms with Crippen molar-refractivity contribution in [3.8, 4) is 11.5 Å². The number of hydrogen-bond donors (Lipinski definition) is 1. The van der Waals surface area contributed by atoms with Crippen LogP contribution in [0.25, 0.3) is 11.0 Å². The molecule has 0 saturated heterocycles. The molecular weight excluding hydrogens is 419 g/mol. The zero-order valence-corrected chi connectivity index (χ0v) is 16.3. The predicted octanol–water partition coefficient (Wildman–Crippen LogP) is 4.09. The molecule has 150 valence electrons. The molecule has 2 unspecified atom stereocenters. The highest BCUT2D eigenvalue weighted by atomic mass is 35.5. The van der Waals surface area contributed by atoms with Gasteiger partial charge in [-0.25, -0.2) is 4.39 Å². The molecule has 11 heteroatoms. The van der Waals surface area contributed by atoms with E-state index in [2.05, 4.69) is 19.7 Å². The summed E-state index contributed by atoms with van der Waals surface area (Å²) in [6, 6.07) is 5.48. The molecular formula is C17H15ClF3N3O3S. The van der Waals surface area contributed by atoms with Gasteiger partial charge in [0.2, 0.25) is 0 Å². The predicted molar refractivity (Wildman–Crippen MR) is 98.1 cm³/mol. The third-order valence-corrected chi connectivity index (χ3v) is 5.32. The zero-order chi connectivity index (χ0) is 20.5. The van der Waals surface area contributed by atoms with Gasteiger partial charge in [0, 0.05) is 29.0 Å². The van der Waals surface area contributed by atoms with E-state index in [9.17, 15) is 17.7 Å². The summed E-state index contributed by atoms with van der Waals surface area (Å²) in [6.45, 7) is 1.80. The van der Waals surface area contributed by atoms with Crippen LogP contribution in [0.5, 0.6) is 11.5 Å². The van der Waals surface area contributed by atoms with Crippen LogP contribution in [-0.4, -0.2) is 38.4 Å². The van der Waals surface area contributed by atoms with E-state index < -0.39 is 22.9 Å². The molecule has 1 N–H and O–H groups in total. The Morgan fingerprint density at radius 3 is 2.79 bits per heavy atom. The first kappa shape index (κ1) is 20.6. The van der Waals surface area contributed by atoms with Gasteiger partial charge in [-0.1, -0.05) is 11.6 Å². The van der Waals surface area contributed by atoms with Gasteiger partial charge in [0.1, 0.15) is 11.5 Å². The van der Waals surface area contributed by atoms with Gasteiger partial charge in [-0.3, -0.25) is 9.97 Å². The Bertz CT molecular complexity index is 987. The topological polar surface area (TPSA) is 83.1 Å². The van der Waals surface area contributed by atoms with E-state index in [0.717, 1.165) is 5.56 Å². The number of hydrogen-bond acceptors (Lipinski definition) is 5. The Morgan fingerprint density at radius 2 is 2.11 bits per heavy atom. The van der Waals surface area contributed by atoms with Gasteiger partial charge in [-0.15, -0.1) is 0 Å². The molecule has 2 atom stereocenters. The molecule has 3 aromatic rings. The molecule has 0 spiro atoms. The number of ether oxygens (including phenoxy) is 2. The number of H-pyrrole nitrogens is 1. The number of aromatic nitrogens is 3. The van der Waals surface area contributed by atoms with Gasteiger partial charge in [-0.2, -0.15) is 13.8 Å². The van der Waals surface area contributed by atoms with Gasteiger partial charge >= 0.3 is 11.3 Å². The average molecular weight is 434 g/mol. The number of nitrogens with one attached hydrogen (secondary N) is 1. The van der Waals surface area contributed by atoms with Crippen molar-refractivity contribution in [3.05, 3.63) is 41.7 Å². The largest absolute Gasteiger partial charge is 0.609 e. The molecule has 0 aliphatic heterocycles. The van der Waals surface area contributed by atoms with Crippen molar-refractivity contribution in [2.24, 2.45) is 0 Å². The third kappa shape index (κ3) is 4.29. The fraction of sp³-hybridized carbons (Fsp3) is 0.294. The van der Waals surface area contributed by atoms with E-state index in [0.29, 0.717) is 17.0 Å². The Hall–Kier alpha value is -2.17. The highest BCUT2D eigenvalue weighted by Gasteiger charge is 2.42. The maximum Gasteiger partial charge on any atom is 0.444 e. The Morgan fingerprint density at radius 1 is 1.36 bits per heavy atom. The Kier molecular flexibility index (Phi) is 5.92. The standard InChI is InChI=1S/C17H15ClF3N3O3S/c1-9-13(22-6-5-14(9)26-2)8-28(25)16-23-11-4-3-10(7-12(11)24-16)27-17(20,21)15(18)19/h3-7,15H,8H2,1-2H3,(H,23,24). The van der Waals surface area contributed by atoms with E-state index in [1.807, 2.05) is 0 Å². The summed E-state index contributed by atoms with van der Waals surface area (Å²) >= 11 is 3.20. The molecule has 0 aliphatic carbocycles. The molecule has 0 fully saturated rings. The summed E-state index contributed by atoms with van der Waals surface area (Å²) in [4.78, 5) is 11.2. The van der Waals surface area contributed by atoms with Crippen LogP contribution in [0.4, 0.5) is 13.2 Å². The summed E-state index contributed by atoms with van der Waals surface area (Å²) in [7, 11) is 1.53. The lowest BCUT2D eigenvalue weighted by atomic mass is 10.2. The molecule has 28 heavy (non-hydrogen) atoms. The first-order chi connectivity index (χ1) is 13.2. The highest BCUT2D eigenvalue weighted by Crippen LogP contribution is 2.31. The summed E-state index contributed by atoms with van der Waals surface area (Å²) < 4.78 is 61.4. The first-order valence-corrected chi connectivity index (χ1v) is 9.68. The molecule has 2 heterocycles. The van der Waals surface area contributed by atoms with Crippen molar-refractivity contribution in [2.75, 3.05) is 7.11 Å². The Labute approximate surface area is 166 Å². The fourth-order valence-electron chi connectivity index (χ4n) is 2.45. The SMILES string of the molecule is COc1ccnc(C[S+]([O-])c2nc3cc(OC(F)(F)C(F)Cl)ccc3[nH]2)c1C. The maximum atomic E-state index is 13.3. The monoisotopic (exact) mass is 433 g/mol. The summed E-state index contributed by atoms with van der Waals surface area (Å²) in [5.41, 5.74) is -0.967. The van der Waals surface area contributed by atoms with E-state index in [4.69, 9.17) is 16.3 Å². The molecule has 1 aromatic carbocycles. The van der Waals surface area contributed by atoms with Crippen molar-refractivity contribution in [1.82, 2.24) is 15.0 Å². The van der Waals surface area contributed by atoms with Crippen molar-refractivity contribution in [3.63, 3.8) is 0 Å². The van der Waals surface area contributed by atoms with Crippen LogP contribution in [0.3, 0.4) is 0 Å². The van der Waals surface area contributed by atoms with Crippen LogP contribution in [-0.2, 0) is 16.9 Å². The van der Waals surface area contributed by atoms with Gasteiger partial charge in [-0.05, 0) is 25.1 Å². The lowest BCUT2D eigenvalue weighted by molar-refractivity contribution is -0.198. The number of imidazole rings is 1. The second-order valence-corrected chi connectivity index (χ2v) is 7.51. The second kappa shape index (κ2) is 8.06. The number of benzene rings is 1. The minimum Gasteiger partial charge on any atom is -0.609 e. The summed E-state index contributed by atoms with van der Waals surface area (Å²) in [6.07, 6.45) is -2.64. The summed E-state index contributed by atoms with van der Waals surface area (Å²) in [5, 5.41) is 0.142. The van der Waals surface area contributed by atoms with Crippen LogP contribution in [0.1, 0.15) is 11.3 Å². The molecule has 0 aliphatic rings. The van der Waals surface area contributed by atoms with Crippen LogP contribution >= 0.6 is 11.6 Å². The van der Waals surface area contributed by atoms with Crippen LogP contribution in [0.2, 0.25) is 0 Å². The minimum absolute atomic E-state index is 0.0834. The number of fused-ring (bicyclic) bond motifs is 1. The lowest BCUT2D eigenvalue weighted by Gasteiger charge is -2.17. The number of alkyl halides is 4. The van der Waals surface area contributed by atoms with Crippen molar-refractivity contribution in [2.45, 2.75) is 29.6 Å². The number of aromatic amines is 1. The number of rotatable bonds is 7. The molecule has 0 amide bonds. The average Bonchev–Trinajstić information content (AvgIpc) is 3.06. The van der Waals surface area contributed by atoms with Crippen molar-refractivity contribution in [1.29, 1.82) is 0 Å². The van der Waals surface area contributed by atoms with E-state index >= 15 is 0 Å². The van der Waals surface area contributed by atoms with E-state index in [-0.39, 0.29) is 22.2 Å². The molecule has 6 nitrogen and oxygen atoms in total. The number of nitrogens with zero attached hydrogens (tertiary/aromatic N) is 2. The van der Waals surface area contributed by atoms with Gasteiger partial charge < -0.3 is 14.0 Å². The second-order valence-electron chi connectivity index (χ2n) is 5.76. The normalized spacial score (nSPS) is 14.1. The first-order valence-electron chi connectivity index (χ1n) is 7.93. The van der Waals surface area contributed by atoms with Gasteiger partial charge in [0.25, 0.3) is 5.63 Å². The highest BCUT2D eigenvalue weighted by molar-refractivity contribution is 7.90. The number of pyridine rings is 1. The van der Waals surface area contributed by atoms with E-state index in [1.165, 1.54) is 25.3 Å². The quantitative estimate of drug-likeness (QED) is 0.448. The maximum absolute atomic E-state index is 13.3. The molecule has 3 rings (SSSR count). The molecule has 0 bridgehead atoms. The molecule has 2 aromatic heterocycles. The number of halogens is 4. The van der Waals surface area contributed by atoms with Crippen molar-refractivity contribution >= 4 is 33.8 Å². The van der Waals surface area contributed by atoms with Crippen LogP contribution in [0.15, 0.2) is 35.6 Å². The van der Waals surface area contributed by atoms with Crippen LogP contribution < -0.4 is 9.47 Å². The van der Waals surface area contributed by atoms with Gasteiger partial charge in [0.15, 0.2) is 5.75 Å². The summed E-state index contributed by atoms with van der Waals surface area (Å²) in [5.74, 6) is 0.384. The number of methoxy groups -OCH3 is 1. The fourth-order valence-corrected chi connectivity index (χ4v) is 3.60. The van der Waals surface area contributed by atoms with Gasteiger partial charge in [0.05, 0.1) is 23.8 Å². The van der Waals surface area contributed by atoms with Crippen LogP contribution in [0, 0.1) is 6.92 Å². The lowest BCUT2D eigenvalue weighted by Crippen LogP contribution is -2.32. The van der Waals surface area contributed by atoms with E-state index in [1.54, 1.807) is 19.2 Å². The Balaban J connectivity index is 1.82. The zero-order valence-electron chi connectivity index (χ0n) is 14.7. The molecule has 0 saturated carbocycles. The smallest absolute Gasteiger partial charge is 0.444 e.